The Morgan fingerprint density at radius 1 is 1.50 bits per heavy atom. The van der Waals surface area contributed by atoms with Crippen LogP contribution in [0.1, 0.15) is 12.0 Å². The van der Waals surface area contributed by atoms with E-state index < -0.39 is 6.09 Å². The maximum atomic E-state index is 11.0. The minimum Gasteiger partial charge on any atom is -0.497 e. The molecule has 1 heterocycles. The van der Waals surface area contributed by atoms with Crippen LogP contribution in [0.3, 0.4) is 0 Å². The minimum absolute atomic E-state index is 0. The lowest BCUT2D eigenvalue weighted by molar-refractivity contribution is 0.124. The standard InChI is InChI=1S/C15H22N2O4.ClH/c1-11-9-13(20-2)3-4-14(11)21-8-5-12-10-17(15(18)19)7-6-16-12;/h3-4,9,12,16H,5-8,10H2,1-2H3,(H,18,19);1H/t12-;/m1./s1. The summed E-state index contributed by atoms with van der Waals surface area (Å²) < 4.78 is 10.9. The molecule has 2 N–H and O–H groups in total. The molecule has 1 aliphatic rings. The fourth-order valence-electron chi connectivity index (χ4n) is 2.41. The Balaban J connectivity index is 0.00000242. The second kappa shape index (κ2) is 8.70. The molecular weight excluding hydrogens is 308 g/mol. The summed E-state index contributed by atoms with van der Waals surface area (Å²) in [4.78, 5) is 12.4. The average Bonchev–Trinajstić information content (AvgIpc) is 2.49. The fraction of sp³-hybridized carbons (Fsp3) is 0.533. The van der Waals surface area contributed by atoms with Crippen molar-refractivity contribution in [3.63, 3.8) is 0 Å². The van der Waals surface area contributed by atoms with E-state index in [2.05, 4.69) is 5.32 Å². The third kappa shape index (κ3) is 4.96. The summed E-state index contributed by atoms with van der Waals surface area (Å²) in [5, 5.41) is 12.3. The number of aryl methyl sites for hydroxylation is 1. The Hall–Kier alpha value is -1.66. The Kier molecular flexibility index (Phi) is 7.27. The lowest BCUT2D eigenvalue weighted by Gasteiger charge is -2.31. The zero-order valence-corrected chi connectivity index (χ0v) is 13.7. The summed E-state index contributed by atoms with van der Waals surface area (Å²) in [5.74, 6) is 1.65. The first-order valence-electron chi connectivity index (χ1n) is 7.09. The Labute approximate surface area is 136 Å². The molecule has 0 spiro atoms. The largest absolute Gasteiger partial charge is 0.497 e. The highest BCUT2D eigenvalue weighted by atomic mass is 35.5. The number of rotatable bonds is 5. The fourth-order valence-corrected chi connectivity index (χ4v) is 2.41. The Bertz CT molecular complexity index is 498. The van der Waals surface area contributed by atoms with E-state index in [-0.39, 0.29) is 18.4 Å². The molecule has 1 amide bonds. The van der Waals surface area contributed by atoms with Gasteiger partial charge in [-0.2, -0.15) is 0 Å². The van der Waals surface area contributed by atoms with Crippen molar-refractivity contribution < 1.29 is 19.4 Å². The SMILES string of the molecule is COc1ccc(OCC[C@@H]2CN(C(=O)O)CCN2)c(C)c1.Cl. The van der Waals surface area contributed by atoms with Gasteiger partial charge in [0.2, 0.25) is 0 Å². The molecular formula is C15H23ClN2O4. The van der Waals surface area contributed by atoms with Crippen LogP contribution in [0.15, 0.2) is 18.2 Å². The van der Waals surface area contributed by atoms with Crippen molar-refractivity contribution in [2.75, 3.05) is 33.4 Å². The predicted molar refractivity (Wildman–Crippen MR) is 86.5 cm³/mol. The van der Waals surface area contributed by atoms with Crippen molar-refractivity contribution in [3.05, 3.63) is 23.8 Å². The number of nitrogens with one attached hydrogen (secondary N) is 1. The molecule has 0 radical (unpaired) electrons. The van der Waals surface area contributed by atoms with E-state index in [1.807, 2.05) is 25.1 Å². The van der Waals surface area contributed by atoms with Crippen LogP contribution in [0.5, 0.6) is 11.5 Å². The number of carbonyl (C=O) groups is 1. The summed E-state index contributed by atoms with van der Waals surface area (Å²) in [6.07, 6.45) is -0.0803. The molecule has 124 valence electrons. The number of halogens is 1. The maximum Gasteiger partial charge on any atom is 0.407 e. The number of hydrogen-bond acceptors (Lipinski definition) is 4. The second-order valence-corrected chi connectivity index (χ2v) is 5.15. The number of amides is 1. The number of benzene rings is 1. The van der Waals surface area contributed by atoms with Gasteiger partial charge in [-0.3, -0.25) is 0 Å². The molecule has 0 aliphatic carbocycles. The molecule has 22 heavy (non-hydrogen) atoms. The van der Waals surface area contributed by atoms with Crippen LogP contribution in [-0.2, 0) is 0 Å². The molecule has 1 aromatic rings. The van der Waals surface area contributed by atoms with Gasteiger partial charge in [0.05, 0.1) is 13.7 Å². The number of carboxylic acid groups (broad SMARTS) is 1. The molecule has 0 unspecified atom stereocenters. The van der Waals surface area contributed by atoms with E-state index >= 15 is 0 Å². The Morgan fingerprint density at radius 3 is 2.91 bits per heavy atom. The van der Waals surface area contributed by atoms with Crippen molar-refractivity contribution in [1.29, 1.82) is 0 Å². The summed E-state index contributed by atoms with van der Waals surface area (Å²) in [6.45, 7) is 4.28. The molecule has 2 rings (SSSR count). The van der Waals surface area contributed by atoms with E-state index in [4.69, 9.17) is 14.6 Å². The highest BCUT2D eigenvalue weighted by Gasteiger charge is 2.22. The molecule has 7 heteroatoms. The zero-order chi connectivity index (χ0) is 15.2. The predicted octanol–water partition coefficient (Wildman–Crippen LogP) is 2.15. The third-order valence-electron chi connectivity index (χ3n) is 3.63. The van der Waals surface area contributed by atoms with Crippen LogP contribution in [0.25, 0.3) is 0 Å². The van der Waals surface area contributed by atoms with Crippen molar-refractivity contribution >= 4 is 18.5 Å². The van der Waals surface area contributed by atoms with Crippen molar-refractivity contribution in [2.24, 2.45) is 0 Å². The lowest BCUT2D eigenvalue weighted by atomic mass is 10.1. The van der Waals surface area contributed by atoms with Crippen molar-refractivity contribution in [3.8, 4) is 11.5 Å². The molecule has 0 saturated carbocycles. The summed E-state index contributed by atoms with van der Waals surface area (Å²) in [6, 6.07) is 5.84. The van der Waals surface area contributed by atoms with Gasteiger partial charge in [-0.15, -0.1) is 12.4 Å². The summed E-state index contributed by atoms with van der Waals surface area (Å²) >= 11 is 0. The van der Waals surface area contributed by atoms with Crippen LogP contribution < -0.4 is 14.8 Å². The molecule has 6 nitrogen and oxygen atoms in total. The Morgan fingerprint density at radius 2 is 2.27 bits per heavy atom. The quantitative estimate of drug-likeness (QED) is 0.865. The summed E-state index contributed by atoms with van der Waals surface area (Å²) in [7, 11) is 1.64. The normalized spacial score (nSPS) is 17.5. The van der Waals surface area contributed by atoms with Crippen LogP contribution in [0, 0.1) is 6.92 Å². The van der Waals surface area contributed by atoms with Gasteiger partial charge in [0, 0.05) is 25.7 Å². The van der Waals surface area contributed by atoms with Gasteiger partial charge in [0.15, 0.2) is 0 Å². The van der Waals surface area contributed by atoms with Gasteiger partial charge in [-0.25, -0.2) is 4.79 Å². The van der Waals surface area contributed by atoms with E-state index in [9.17, 15) is 4.79 Å². The molecule has 1 atom stereocenters. The minimum atomic E-state index is -0.853. The second-order valence-electron chi connectivity index (χ2n) is 5.15. The van der Waals surface area contributed by atoms with Crippen LogP contribution in [0.4, 0.5) is 4.79 Å². The van der Waals surface area contributed by atoms with Gasteiger partial charge >= 0.3 is 6.09 Å². The van der Waals surface area contributed by atoms with Crippen molar-refractivity contribution in [1.82, 2.24) is 10.2 Å². The van der Waals surface area contributed by atoms with E-state index in [0.717, 1.165) is 23.5 Å². The molecule has 1 saturated heterocycles. The maximum absolute atomic E-state index is 11.0. The molecule has 1 aliphatic heterocycles. The van der Waals surface area contributed by atoms with Crippen LogP contribution in [-0.4, -0.2) is 55.5 Å². The highest BCUT2D eigenvalue weighted by molar-refractivity contribution is 5.85. The molecule has 1 fully saturated rings. The summed E-state index contributed by atoms with van der Waals surface area (Å²) in [5.41, 5.74) is 1.03. The van der Waals surface area contributed by atoms with Crippen LogP contribution in [0.2, 0.25) is 0 Å². The monoisotopic (exact) mass is 330 g/mol. The number of piperazine rings is 1. The van der Waals surface area contributed by atoms with E-state index in [0.29, 0.717) is 26.2 Å². The topological polar surface area (TPSA) is 71.0 Å². The number of methoxy groups -OCH3 is 1. The smallest absolute Gasteiger partial charge is 0.407 e. The van der Waals surface area contributed by atoms with E-state index in [1.54, 1.807) is 7.11 Å². The van der Waals surface area contributed by atoms with Crippen molar-refractivity contribution in [2.45, 2.75) is 19.4 Å². The van der Waals surface area contributed by atoms with Gasteiger partial charge in [0.25, 0.3) is 0 Å². The van der Waals surface area contributed by atoms with Gasteiger partial charge in [-0.1, -0.05) is 0 Å². The first-order valence-corrected chi connectivity index (χ1v) is 7.09. The first kappa shape index (κ1) is 18.4. The number of nitrogens with zero attached hydrogens (tertiary/aromatic N) is 1. The first-order chi connectivity index (χ1) is 10.1. The third-order valence-corrected chi connectivity index (χ3v) is 3.63. The van der Waals surface area contributed by atoms with Gasteiger partial charge < -0.3 is 24.8 Å². The van der Waals surface area contributed by atoms with Gasteiger partial charge in [0.1, 0.15) is 11.5 Å². The molecule has 0 bridgehead atoms. The zero-order valence-electron chi connectivity index (χ0n) is 12.9. The number of hydrogen-bond donors (Lipinski definition) is 2. The molecule has 1 aromatic carbocycles. The molecule has 0 aromatic heterocycles. The van der Waals surface area contributed by atoms with Gasteiger partial charge in [-0.05, 0) is 37.1 Å². The lowest BCUT2D eigenvalue weighted by Crippen LogP contribution is -2.52. The number of ether oxygens (including phenoxy) is 2. The van der Waals surface area contributed by atoms with Crippen LogP contribution >= 0.6 is 12.4 Å². The average molecular weight is 331 g/mol. The van der Waals surface area contributed by atoms with E-state index in [1.165, 1.54) is 4.90 Å². The highest BCUT2D eigenvalue weighted by Crippen LogP contribution is 2.23.